The number of likely N-dealkylation sites (tertiary alicyclic amines) is 1. The maximum absolute atomic E-state index is 10.7. The van der Waals surface area contributed by atoms with E-state index in [9.17, 15) is 14.4 Å². The van der Waals surface area contributed by atoms with E-state index in [1.54, 1.807) is 0 Å². The van der Waals surface area contributed by atoms with Crippen molar-refractivity contribution in [2.75, 3.05) is 13.1 Å². The van der Waals surface area contributed by atoms with E-state index >= 15 is 0 Å². The summed E-state index contributed by atoms with van der Waals surface area (Å²) in [6.07, 6.45) is -0.0437. The second kappa shape index (κ2) is 4.26. The zero-order chi connectivity index (χ0) is 11.6. The van der Waals surface area contributed by atoms with E-state index in [1.807, 2.05) is 0 Å². The molecule has 7 nitrogen and oxygen atoms in total. The second-order valence-electron chi connectivity index (χ2n) is 3.45. The molecule has 1 aliphatic rings. The summed E-state index contributed by atoms with van der Waals surface area (Å²) in [5.74, 6) is -4.23. The topological polar surface area (TPSA) is 115 Å². The van der Waals surface area contributed by atoms with E-state index in [2.05, 4.69) is 0 Å². The highest BCUT2D eigenvalue weighted by Gasteiger charge is 2.40. The van der Waals surface area contributed by atoms with Crippen LogP contribution in [0.2, 0.25) is 0 Å². The molecule has 0 saturated carbocycles. The molecule has 1 saturated heterocycles. The van der Waals surface area contributed by atoms with Gasteiger partial charge in [0.2, 0.25) is 0 Å². The van der Waals surface area contributed by atoms with Gasteiger partial charge in [0.25, 0.3) is 0 Å². The van der Waals surface area contributed by atoms with Gasteiger partial charge in [0.1, 0.15) is 6.04 Å². The molecule has 0 aromatic heterocycles. The Hall–Kier alpha value is -1.63. The van der Waals surface area contributed by atoms with Crippen molar-refractivity contribution in [3.05, 3.63) is 0 Å². The van der Waals surface area contributed by atoms with Crippen LogP contribution in [-0.2, 0) is 14.4 Å². The molecule has 0 radical (unpaired) electrons. The van der Waals surface area contributed by atoms with Crippen molar-refractivity contribution in [3.63, 3.8) is 0 Å². The number of hydrogen-bond acceptors (Lipinski definition) is 4. The molecule has 0 bridgehead atoms. The molecule has 84 valence electrons. The summed E-state index contributed by atoms with van der Waals surface area (Å²) < 4.78 is 0. The van der Waals surface area contributed by atoms with Gasteiger partial charge in [0.05, 0.1) is 12.5 Å². The van der Waals surface area contributed by atoms with Crippen LogP contribution < -0.4 is 0 Å². The number of nitrogens with zero attached hydrogens (tertiary/aromatic N) is 1. The minimum absolute atomic E-state index is 0.0292. The van der Waals surface area contributed by atoms with Gasteiger partial charge in [-0.2, -0.15) is 0 Å². The Bertz CT molecular complexity index is 302. The zero-order valence-electron chi connectivity index (χ0n) is 7.79. The van der Waals surface area contributed by atoms with Gasteiger partial charge in [-0.05, 0) is 6.42 Å². The maximum atomic E-state index is 10.7. The van der Waals surface area contributed by atoms with Crippen LogP contribution >= 0.6 is 0 Å². The lowest BCUT2D eigenvalue weighted by atomic mass is 10.1. The van der Waals surface area contributed by atoms with Crippen LogP contribution in [-0.4, -0.2) is 57.3 Å². The Morgan fingerprint density at radius 1 is 1.13 bits per heavy atom. The largest absolute Gasteiger partial charge is 0.481 e. The van der Waals surface area contributed by atoms with Gasteiger partial charge in [-0.1, -0.05) is 0 Å². The molecular weight excluding hydrogens is 206 g/mol. The van der Waals surface area contributed by atoms with Crippen molar-refractivity contribution >= 4 is 17.9 Å². The summed E-state index contributed by atoms with van der Waals surface area (Å²) in [6.45, 7) is -0.473. The molecule has 0 aromatic rings. The average Bonchev–Trinajstić information content (AvgIpc) is 2.46. The maximum Gasteiger partial charge on any atom is 0.320 e. The van der Waals surface area contributed by atoms with Gasteiger partial charge in [-0.15, -0.1) is 0 Å². The fourth-order valence-corrected chi connectivity index (χ4v) is 1.69. The molecule has 0 aromatic carbocycles. The van der Waals surface area contributed by atoms with Crippen LogP contribution in [0.25, 0.3) is 0 Å². The zero-order valence-corrected chi connectivity index (χ0v) is 7.79. The van der Waals surface area contributed by atoms with E-state index in [-0.39, 0.29) is 13.0 Å². The van der Waals surface area contributed by atoms with Gasteiger partial charge in [0.15, 0.2) is 0 Å². The van der Waals surface area contributed by atoms with Crippen molar-refractivity contribution in [2.45, 2.75) is 12.5 Å². The summed E-state index contributed by atoms with van der Waals surface area (Å²) in [5, 5.41) is 26.0. The third kappa shape index (κ3) is 2.66. The fraction of sp³-hybridized carbons (Fsp3) is 0.625. The molecule has 0 spiro atoms. The van der Waals surface area contributed by atoms with Crippen LogP contribution in [0, 0.1) is 5.92 Å². The molecule has 7 heteroatoms. The third-order valence-electron chi connectivity index (χ3n) is 2.38. The van der Waals surface area contributed by atoms with Crippen molar-refractivity contribution < 1.29 is 29.7 Å². The van der Waals surface area contributed by atoms with Crippen molar-refractivity contribution in [1.82, 2.24) is 4.90 Å². The minimum atomic E-state index is -1.18. The van der Waals surface area contributed by atoms with E-state index in [0.29, 0.717) is 0 Å². The van der Waals surface area contributed by atoms with Gasteiger partial charge in [0, 0.05) is 6.54 Å². The first-order valence-corrected chi connectivity index (χ1v) is 4.33. The molecule has 1 heterocycles. The molecule has 0 aliphatic carbocycles. The predicted molar refractivity (Wildman–Crippen MR) is 46.4 cm³/mol. The number of carbonyl (C=O) groups is 3. The van der Waals surface area contributed by atoms with E-state index in [1.165, 1.54) is 0 Å². The third-order valence-corrected chi connectivity index (χ3v) is 2.38. The SMILES string of the molecule is O=C(O)CN1C[C@@H](C(=O)O)C[C@@H]1C(=O)O. The summed E-state index contributed by atoms with van der Waals surface area (Å²) >= 11 is 0. The fourth-order valence-electron chi connectivity index (χ4n) is 1.69. The lowest BCUT2D eigenvalue weighted by Crippen LogP contribution is -2.39. The molecule has 0 amide bonds. The highest BCUT2D eigenvalue weighted by molar-refractivity contribution is 5.79. The summed E-state index contributed by atoms with van der Waals surface area (Å²) in [6, 6.07) is -1.01. The first kappa shape index (κ1) is 11.4. The number of carboxylic acid groups (broad SMARTS) is 3. The van der Waals surface area contributed by atoms with Crippen molar-refractivity contribution in [3.8, 4) is 0 Å². The molecule has 0 unspecified atom stereocenters. The van der Waals surface area contributed by atoms with Crippen molar-refractivity contribution in [1.29, 1.82) is 0 Å². The Balaban J connectivity index is 2.71. The molecule has 1 fully saturated rings. The molecule has 2 atom stereocenters. The minimum Gasteiger partial charge on any atom is -0.481 e. The molecule has 1 rings (SSSR count). The van der Waals surface area contributed by atoms with Gasteiger partial charge in [-0.3, -0.25) is 19.3 Å². The first-order valence-electron chi connectivity index (χ1n) is 4.33. The highest BCUT2D eigenvalue weighted by Crippen LogP contribution is 2.23. The number of rotatable bonds is 4. The first-order chi connectivity index (χ1) is 6.91. The van der Waals surface area contributed by atoms with Gasteiger partial charge < -0.3 is 15.3 Å². The quantitative estimate of drug-likeness (QED) is 0.549. The lowest BCUT2D eigenvalue weighted by molar-refractivity contribution is -0.145. The molecular formula is C8H11NO6. The number of aliphatic carboxylic acids is 3. The highest BCUT2D eigenvalue weighted by atomic mass is 16.4. The predicted octanol–water partition coefficient (Wildman–Crippen LogP) is -1.07. The van der Waals surface area contributed by atoms with E-state index < -0.39 is 36.4 Å². The van der Waals surface area contributed by atoms with Crippen LogP contribution in [0.1, 0.15) is 6.42 Å². The molecule has 15 heavy (non-hydrogen) atoms. The van der Waals surface area contributed by atoms with Crippen LogP contribution in [0.3, 0.4) is 0 Å². The smallest absolute Gasteiger partial charge is 0.320 e. The van der Waals surface area contributed by atoms with Crippen LogP contribution in [0.15, 0.2) is 0 Å². The van der Waals surface area contributed by atoms with Gasteiger partial charge >= 0.3 is 17.9 Å². The number of carboxylic acids is 3. The monoisotopic (exact) mass is 217 g/mol. The average molecular weight is 217 g/mol. The van der Waals surface area contributed by atoms with Crippen molar-refractivity contribution in [2.24, 2.45) is 5.92 Å². The standard InChI is InChI=1S/C8H11NO6/c10-6(11)3-9-2-4(7(12)13)1-5(9)8(14)15/h4-5H,1-3H2,(H,10,11)(H,12,13)(H,14,15)/t4-,5+/m0/s1. The van der Waals surface area contributed by atoms with E-state index in [4.69, 9.17) is 15.3 Å². The molecule has 1 aliphatic heterocycles. The normalized spacial score (nSPS) is 26.4. The Kier molecular flexibility index (Phi) is 3.25. The Morgan fingerprint density at radius 3 is 2.13 bits per heavy atom. The summed E-state index contributed by atoms with van der Waals surface area (Å²) in [5.41, 5.74) is 0. The van der Waals surface area contributed by atoms with Crippen LogP contribution in [0.5, 0.6) is 0 Å². The molecule has 3 N–H and O–H groups in total. The second-order valence-corrected chi connectivity index (χ2v) is 3.45. The Labute approximate surface area is 84.9 Å². The summed E-state index contributed by atoms with van der Waals surface area (Å²) in [7, 11) is 0. The lowest BCUT2D eigenvalue weighted by Gasteiger charge is -2.17. The Morgan fingerprint density at radius 2 is 1.73 bits per heavy atom. The number of hydrogen-bond donors (Lipinski definition) is 3. The van der Waals surface area contributed by atoms with Crippen LogP contribution in [0.4, 0.5) is 0 Å². The summed E-state index contributed by atoms with van der Waals surface area (Å²) in [4.78, 5) is 32.9. The van der Waals surface area contributed by atoms with E-state index in [0.717, 1.165) is 4.90 Å². The van der Waals surface area contributed by atoms with Gasteiger partial charge in [-0.25, -0.2) is 0 Å².